The van der Waals surface area contributed by atoms with E-state index in [1.807, 2.05) is 0 Å². The predicted octanol–water partition coefficient (Wildman–Crippen LogP) is 3.77. The van der Waals surface area contributed by atoms with E-state index in [1.54, 1.807) is 36.4 Å². The van der Waals surface area contributed by atoms with Crippen molar-refractivity contribution in [1.29, 1.82) is 0 Å². The van der Waals surface area contributed by atoms with E-state index in [1.165, 1.54) is 12.1 Å². The zero-order valence-corrected chi connectivity index (χ0v) is 12.9. The lowest BCUT2D eigenvalue weighted by atomic mass is 10.2. The molecule has 1 heterocycles. The molecular formula is C17H14ClFN2O2. The SMILES string of the molecule is O=C(NCCOc1ccc(Cl)cc1)c1cc2cc(F)ccc2[nH]1. The lowest BCUT2D eigenvalue weighted by Crippen LogP contribution is -2.28. The van der Waals surface area contributed by atoms with Crippen molar-refractivity contribution in [2.24, 2.45) is 0 Å². The molecule has 0 aliphatic rings. The van der Waals surface area contributed by atoms with E-state index in [0.717, 1.165) is 0 Å². The number of carbonyl (C=O) groups excluding carboxylic acids is 1. The first-order valence-electron chi connectivity index (χ1n) is 7.07. The summed E-state index contributed by atoms with van der Waals surface area (Å²) >= 11 is 5.79. The minimum Gasteiger partial charge on any atom is -0.492 e. The first-order valence-corrected chi connectivity index (χ1v) is 7.44. The summed E-state index contributed by atoms with van der Waals surface area (Å²) in [6.07, 6.45) is 0. The van der Waals surface area contributed by atoms with E-state index >= 15 is 0 Å². The molecule has 0 saturated heterocycles. The van der Waals surface area contributed by atoms with Crippen molar-refractivity contribution in [1.82, 2.24) is 10.3 Å². The van der Waals surface area contributed by atoms with Crippen LogP contribution in [0.5, 0.6) is 5.75 Å². The van der Waals surface area contributed by atoms with Gasteiger partial charge in [-0.25, -0.2) is 4.39 Å². The molecule has 4 nitrogen and oxygen atoms in total. The van der Waals surface area contributed by atoms with Crippen molar-refractivity contribution in [3.8, 4) is 5.75 Å². The van der Waals surface area contributed by atoms with Gasteiger partial charge in [-0.3, -0.25) is 4.79 Å². The Kier molecular flexibility index (Phi) is 4.48. The maximum atomic E-state index is 13.1. The average Bonchev–Trinajstić information content (AvgIpc) is 2.96. The van der Waals surface area contributed by atoms with E-state index in [4.69, 9.17) is 16.3 Å². The molecule has 0 bridgehead atoms. The zero-order valence-electron chi connectivity index (χ0n) is 12.1. The number of ether oxygens (including phenoxy) is 1. The van der Waals surface area contributed by atoms with Crippen molar-refractivity contribution in [2.45, 2.75) is 0 Å². The molecule has 0 saturated carbocycles. The summed E-state index contributed by atoms with van der Waals surface area (Å²) in [5.41, 5.74) is 1.10. The molecule has 118 valence electrons. The molecule has 0 unspecified atom stereocenters. The molecule has 0 atom stereocenters. The summed E-state index contributed by atoms with van der Waals surface area (Å²) in [4.78, 5) is 15.0. The largest absolute Gasteiger partial charge is 0.492 e. The number of hydrogen-bond acceptors (Lipinski definition) is 2. The van der Waals surface area contributed by atoms with Gasteiger partial charge in [-0.2, -0.15) is 0 Å². The highest BCUT2D eigenvalue weighted by molar-refractivity contribution is 6.30. The van der Waals surface area contributed by atoms with E-state index in [9.17, 15) is 9.18 Å². The molecule has 0 radical (unpaired) electrons. The van der Waals surface area contributed by atoms with Crippen LogP contribution in [0.1, 0.15) is 10.5 Å². The third kappa shape index (κ3) is 3.81. The number of benzene rings is 2. The van der Waals surface area contributed by atoms with Crippen molar-refractivity contribution < 1.29 is 13.9 Å². The average molecular weight is 333 g/mol. The summed E-state index contributed by atoms with van der Waals surface area (Å²) in [6, 6.07) is 12.9. The number of carbonyl (C=O) groups is 1. The molecule has 2 N–H and O–H groups in total. The van der Waals surface area contributed by atoms with Gasteiger partial charge >= 0.3 is 0 Å². The highest BCUT2D eigenvalue weighted by atomic mass is 35.5. The highest BCUT2D eigenvalue weighted by Crippen LogP contribution is 2.17. The monoisotopic (exact) mass is 332 g/mol. The van der Waals surface area contributed by atoms with Gasteiger partial charge in [-0.05, 0) is 48.5 Å². The van der Waals surface area contributed by atoms with Gasteiger partial charge in [0, 0.05) is 15.9 Å². The van der Waals surface area contributed by atoms with Crippen molar-refractivity contribution >= 4 is 28.4 Å². The second-order valence-electron chi connectivity index (χ2n) is 4.97. The molecule has 2 aromatic carbocycles. The minimum atomic E-state index is -0.333. The topological polar surface area (TPSA) is 54.1 Å². The fourth-order valence-corrected chi connectivity index (χ4v) is 2.31. The van der Waals surface area contributed by atoms with Gasteiger partial charge in [-0.15, -0.1) is 0 Å². The second-order valence-corrected chi connectivity index (χ2v) is 5.41. The Balaban J connectivity index is 1.53. The Labute approximate surface area is 137 Å². The van der Waals surface area contributed by atoms with E-state index in [2.05, 4.69) is 10.3 Å². The number of nitrogens with one attached hydrogen (secondary N) is 2. The molecule has 23 heavy (non-hydrogen) atoms. The zero-order chi connectivity index (χ0) is 16.2. The van der Waals surface area contributed by atoms with Crippen LogP contribution in [0.2, 0.25) is 5.02 Å². The molecule has 6 heteroatoms. The number of H-pyrrole nitrogens is 1. The number of halogens is 2. The fourth-order valence-electron chi connectivity index (χ4n) is 2.19. The fraction of sp³-hybridized carbons (Fsp3) is 0.118. The van der Waals surface area contributed by atoms with Gasteiger partial charge in [0.1, 0.15) is 23.9 Å². The van der Waals surface area contributed by atoms with Crippen LogP contribution in [-0.2, 0) is 0 Å². The number of amides is 1. The number of hydrogen-bond donors (Lipinski definition) is 2. The molecular weight excluding hydrogens is 319 g/mol. The standard InChI is InChI=1S/C17H14ClFN2O2/c18-12-1-4-14(5-2-12)23-8-7-20-17(22)16-10-11-9-13(19)3-6-15(11)21-16/h1-6,9-10,21H,7-8H2,(H,20,22). The Morgan fingerprint density at radius 1 is 1.17 bits per heavy atom. The summed E-state index contributed by atoms with van der Waals surface area (Å²) in [5, 5.41) is 4.04. The molecule has 0 spiro atoms. The quantitative estimate of drug-likeness (QED) is 0.699. The van der Waals surface area contributed by atoms with Crippen LogP contribution in [0.4, 0.5) is 4.39 Å². The van der Waals surface area contributed by atoms with Gasteiger partial charge in [0.05, 0.1) is 6.54 Å². The number of aromatic amines is 1. The summed E-state index contributed by atoms with van der Waals surface area (Å²) in [6.45, 7) is 0.688. The molecule has 0 aliphatic heterocycles. The summed E-state index contributed by atoms with van der Waals surface area (Å²) < 4.78 is 18.6. The van der Waals surface area contributed by atoms with Crippen LogP contribution in [-0.4, -0.2) is 24.0 Å². The number of rotatable bonds is 5. The molecule has 1 aromatic heterocycles. The van der Waals surface area contributed by atoms with Crippen molar-refractivity contribution in [3.05, 3.63) is 65.1 Å². The maximum Gasteiger partial charge on any atom is 0.267 e. The van der Waals surface area contributed by atoms with Crippen LogP contribution < -0.4 is 10.1 Å². The van der Waals surface area contributed by atoms with Gasteiger partial charge in [-0.1, -0.05) is 11.6 Å². The number of fused-ring (bicyclic) bond motifs is 1. The van der Waals surface area contributed by atoms with Gasteiger partial charge in [0.2, 0.25) is 0 Å². The maximum absolute atomic E-state index is 13.1. The summed E-state index contributed by atoms with van der Waals surface area (Å²) in [7, 11) is 0. The molecule has 0 aliphatic carbocycles. The van der Waals surface area contributed by atoms with Crippen LogP contribution in [0.25, 0.3) is 10.9 Å². The lowest BCUT2D eigenvalue weighted by Gasteiger charge is -2.07. The van der Waals surface area contributed by atoms with Gasteiger partial charge in [0.15, 0.2) is 0 Å². The lowest BCUT2D eigenvalue weighted by molar-refractivity contribution is 0.0943. The van der Waals surface area contributed by atoms with Crippen molar-refractivity contribution in [2.75, 3.05) is 13.2 Å². The molecule has 1 amide bonds. The second kappa shape index (κ2) is 6.71. The highest BCUT2D eigenvalue weighted by Gasteiger charge is 2.09. The van der Waals surface area contributed by atoms with Gasteiger partial charge < -0.3 is 15.0 Å². The van der Waals surface area contributed by atoms with Crippen molar-refractivity contribution in [3.63, 3.8) is 0 Å². The Bertz CT molecular complexity index is 830. The van der Waals surface area contributed by atoms with E-state index in [-0.39, 0.29) is 11.7 Å². The predicted molar refractivity (Wildman–Crippen MR) is 87.5 cm³/mol. The third-order valence-electron chi connectivity index (χ3n) is 3.30. The normalized spacial score (nSPS) is 10.7. The van der Waals surface area contributed by atoms with E-state index < -0.39 is 0 Å². The van der Waals surface area contributed by atoms with Crippen LogP contribution in [0.15, 0.2) is 48.5 Å². The summed E-state index contributed by atoms with van der Waals surface area (Å²) in [5.74, 6) is 0.0888. The van der Waals surface area contributed by atoms with Crippen LogP contribution >= 0.6 is 11.6 Å². The number of aromatic nitrogens is 1. The molecule has 3 aromatic rings. The third-order valence-corrected chi connectivity index (χ3v) is 3.55. The van der Waals surface area contributed by atoms with Crippen LogP contribution in [0, 0.1) is 5.82 Å². The van der Waals surface area contributed by atoms with Crippen LogP contribution in [0.3, 0.4) is 0 Å². The smallest absolute Gasteiger partial charge is 0.267 e. The minimum absolute atomic E-state index is 0.263. The Hall–Kier alpha value is -2.53. The van der Waals surface area contributed by atoms with E-state index in [0.29, 0.717) is 40.5 Å². The Morgan fingerprint density at radius 2 is 1.96 bits per heavy atom. The molecule has 3 rings (SSSR count). The van der Waals surface area contributed by atoms with Gasteiger partial charge in [0.25, 0.3) is 5.91 Å². The Morgan fingerprint density at radius 3 is 2.74 bits per heavy atom. The first kappa shape index (κ1) is 15.4. The molecule has 0 fully saturated rings. The first-order chi connectivity index (χ1) is 11.1.